The lowest BCUT2D eigenvalue weighted by atomic mass is 10.0. The zero-order chi connectivity index (χ0) is 17.7. The minimum atomic E-state index is -0.575. The number of ether oxygens (including phenoxy) is 2. The van der Waals surface area contributed by atoms with Gasteiger partial charge in [0.1, 0.15) is 18.8 Å². The van der Waals surface area contributed by atoms with Gasteiger partial charge in [0, 0.05) is 13.5 Å². The van der Waals surface area contributed by atoms with Crippen molar-refractivity contribution in [3.63, 3.8) is 0 Å². The zero-order valence-electron chi connectivity index (χ0n) is 15.0. The third-order valence-corrected chi connectivity index (χ3v) is 4.45. The SMILES string of the molecule is CCCCC1CC(N(C(=O)COC)c2c(C)cccc2C)C(=O)O1. The fourth-order valence-electron chi connectivity index (χ4n) is 3.29. The number of esters is 1. The summed E-state index contributed by atoms with van der Waals surface area (Å²) in [5, 5.41) is 0. The van der Waals surface area contributed by atoms with Gasteiger partial charge >= 0.3 is 5.97 Å². The van der Waals surface area contributed by atoms with Gasteiger partial charge in [0.2, 0.25) is 0 Å². The molecule has 24 heavy (non-hydrogen) atoms. The Kier molecular flexibility index (Phi) is 6.37. The van der Waals surface area contributed by atoms with Gasteiger partial charge in [-0.05, 0) is 31.4 Å². The monoisotopic (exact) mass is 333 g/mol. The molecule has 2 rings (SSSR count). The number of aryl methyl sites for hydroxylation is 2. The first-order valence-electron chi connectivity index (χ1n) is 8.57. The molecule has 1 heterocycles. The number of nitrogens with zero attached hydrogens (tertiary/aromatic N) is 1. The molecule has 2 unspecified atom stereocenters. The summed E-state index contributed by atoms with van der Waals surface area (Å²) in [6.07, 6.45) is 3.35. The molecule has 5 nitrogen and oxygen atoms in total. The quantitative estimate of drug-likeness (QED) is 0.719. The Morgan fingerprint density at radius 1 is 1.33 bits per heavy atom. The fraction of sp³-hybridized carbons (Fsp3) is 0.579. The van der Waals surface area contributed by atoms with Crippen molar-refractivity contribution < 1.29 is 19.1 Å². The Hall–Kier alpha value is -1.88. The molecule has 0 spiro atoms. The number of hydrogen-bond acceptors (Lipinski definition) is 4. The van der Waals surface area contributed by atoms with E-state index in [-0.39, 0.29) is 24.6 Å². The second kappa shape index (κ2) is 8.29. The summed E-state index contributed by atoms with van der Waals surface area (Å²) in [4.78, 5) is 26.7. The number of methoxy groups -OCH3 is 1. The highest BCUT2D eigenvalue weighted by molar-refractivity contribution is 6.02. The molecule has 1 aliphatic heterocycles. The third-order valence-electron chi connectivity index (χ3n) is 4.45. The summed E-state index contributed by atoms with van der Waals surface area (Å²) in [5.74, 6) is -0.531. The highest BCUT2D eigenvalue weighted by atomic mass is 16.6. The van der Waals surface area contributed by atoms with Crippen LogP contribution in [-0.2, 0) is 19.1 Å². The minimum absolute atomic E-state index is 0.0584. The molecule has 1 amide bonds. The molecule has 0 radical (unpaired) electrons. The second-order valence-electron chi connectivity index (χ2n) is 6.39. The van der Waals surface area contributed by atoms with Crippen LogP contribution in [0.4, 0.5) is 5.69 Å². The van der Waals surface area contributed by atoms with E-state index in [0.29, 0.717) is 6.42 Å². The zero-order valence-corrected chi connectivity index (χ0v) is 15.0. The van der Waals surface area contributed by atoms with Crippen LogP contribution in [0.2, 0.25) is 0 Å². The highest BCUT2D eigenvalue weighted by Crippen LogP contribution is 2.32. The van der Waals surface area contributed by atoms with Gasteiger partial charge in [-0.25, -0.2) is 4.79 Å². The van der Waals surface area contributed by atoms with Gasteiger partial charge in [-0.3, -0.25) is 9.69 Å². The molecule has 1 aromatic rings. The summed E-state index contributed by atoms with van der Waals surface area (Å²) < 4.78 is 10.5. The number of para-hydroxylation sites is 1. The van der Waals surface area contributed by atoms with Gasteiger partial charge in [-0.2, -0.15) is 0 Å². The number of carbonyl (C=O) groups is 2. The topological polar surface area (TPSA) is 55.8 Å². The molecular weight excluding hydrogens is 306 g/mol. The van der Waals surface area contributed by atoms with Crippen molar-refractivity contribution in [2.24, 2.45) is 0 Å². The molecule has 1 aromatic carbocycles. The Balaban J connectivity index is 2.34. The van der Waals surface area contributed by atoms with Crippen molar-refractivity contribution >= 4 is 17.6 Å². The number of amides is 1. The lowest BCUT2D eigenvalue weighted by Gasteiger charge is -2.29. The van der Waals surface area contributed by atoms with Crippen molar-refractivity contribution in [1.82, 2.24) is 0 Å². The minimum Gasteiger partial charge on any atom is -0.461 e. The van der Waals surface area contributed by atoms with Crippen LogP contribution in [0.15, 0.2) is 18.2 Å². The molecule has 0 aromatic heterocycles. The van der Waals surface area contributed by atoms with E-state index in [1.807, 2.05) is 32.0 Å². The Morgan fingerprint density at radius 3 is 2.58 bits per heavy atom. The Labute approximate surface area is 143 Å². The number of benzene rings is 1. The summed E-state index contributed by atoms with van der Waals surface area (Å²) >= 11 is 0. The summed E-state index contributed by atoms with van der Waals surface area (Å²) in [5.41, 5.74) is 2.71. The first-order chi connectivity index (χ1) is 11.5. The van der Waals surface area contributed by atoms with Crippen LogP contribution in [0.3, 0.4) is 0 Å². The summed E-state index contributed by atoms with van der Waals surface area (Å²) in [6.45, 7) is 5.95. The van der Waals surface area contributed by atoms with E-state index in [4.69, 9.17) is 9.47 Å². The smallest absolute Gasteiger partial charge is 0.329 e. The molecule has 0 bridgehead atoms. The van der Waals surface area contributed by atoms with Crippen molar-refractivity contribution in [2.75, 3.05) is 18.6 Å². The molecule has 1 aliphatic rings. The molecule has 0 saturated carbocycles. The van der Waals surface area contributed by atoms with Crippen molar-refractivity contribution in [3.8, 4) is 0 Å². The van der Waals surface area contributed by atoms with Gasteiger partial charge < -0.3 is 9.47 Å². The third kappa shape index (κ3) is 3.96. The first-order valence-corrected chi connectivity index (χ1v) is 8.57. The predicted octanol–water partition coefficient (Wildman–Crippen LogP) is 3.16. The van der Waals surface area contributed by atoms with E-state index in [0.717, 1.165) is 36.1 Å². The van der Waals surface area contributed by atoms with Gasteiger partial charge in [0.25, 0.3) is 5.91 Å². The van der Waals surface area contributed by atoms with Crippen molar-refractivity contribution in [3.05, 3.63) is 29.3 Å². The van der Waals surface area contributed by atoms with Crippen LogP contribution >= 0.6 is 0 Å². The van der Waals surface area contributed by atoms with E-state index in [1.54, 1.807) is 4.90 Å². The number of anilines is 1. The second-order valence-corrected chi connectivity index (χ2v) is 6.39. The van der Waals surface area contributed by atoms with E-state index >= 15 is 0 Å². The molecular formula is C19H27NO4. The average Bonchev–Trinajstić information content (AvgIpc) is 2.89. The number of rotatable bonds is 7. The lowest BCUT2D eigenvalue weighted by molar-refractivity contribution is -0.143. The predicted molar refractivity (Wildman–Crippen MR) is 93.1 cm³/mol. The normalized spacial score (nSPS) is 20.1. The summed E-state index contributed by atoms with van der Waals surface area (Å²) in [6, 6.07) is 5.27. The van der Waals surface area contributed by atoms with Crippen LogP contribution in [-0.4, -0.2) is 37.7 Å². The highest BCUT2D eigenvalue weighted by Gasteiger charge is 2.41. The summed E-state index contributed by atoms with van der Waals surface area (Å²) in [7, 11) is 1.48. The Bertz CT molecular complexity index is 579. The maximum atomic E-state index is 12.7. The fourth-order valence-corrected chi connectivity index (χ4v) is 3.29. The van der Waals surface area contributed by atoms with E-state index < -0.39 is 6.04 Å². The van der Waals surface area contributed by atoms with Crippen molar-refractivity contribution in [2.45, 2.75) is 58.6 Å². The molecule has 132 valence electrons. The van der Waals surface area contributed by atoms with Crippen LogP contribution in [0.1, 0.15) is 43.7 Å². The van der Waals surface area contributed by atoms with Crippen LogP contribution in [0, 0.1) is 13.8 Å². The Morgan fingerprint density at radius 2 is 2.00 bits per heavy atom. The van der Waals surface area contributed by atoms with Gasteiger partial charge in [-0.1, -0.05) is 38.0 Å². The van der Waals surface area contributed by atoms with Gasteiger partial charge in [0.05, 0.1) is 5.69 Å². The molecule has 0 N–H and O–H groups in total. The molecule has 2 atom stereocenters. The standard InChI is InChI=1S/C19H27NO4/c1-5-6-10-15-11-16(19(22)24-15)20(17(21)12-23-4)18-13(2)8-7-9-14(18)3/h7-9,15-16H,5-6,10-12H2,1-4H3. The largest absolute Gasteiger partial charge is 0.461 e. The number of unbranched alkanes of at least 4 members (excludes halogenated alkanes) is 1. The average molecular weight is 333 g/mol. The van der Waals surface area contributed by atoms with Gasteiger partial charge in [-0.15, -0.1) is 0 Å². The first kappa shape index (κ1) is 18.5. The molecule has 1 fully saturated rings. The van der Waals surface area contributed by atoms with Crippen LogP contribution in [0.25, 0.3) is 0 Å². The van der Waals surface area contributed by atoms with Crippen LogP contribution < -0.4 is 4.90 Å². The van der Waals surface area contributed by atoms with E-state index in [1.165, 1.54) is 7.11 Å². The molecule has 5 heteroatoms. The maximum Gasteiger partial charge on any atom is 0.329 e. The van der Waals surface area contributed by atoms with Crippen molar-refractivity contribution in [1.29, 1.82) is 0 Å². The molecule has 0 aliphatic carbocycles. The number of carbonyl (C=O) groups excluding carboxylic acids is 2. The number of hydrogen-bond donors (Lipinski definition) is 0. The lowest BCUT2D eigenvalue weighted by Crippen LogP contribution is -2.45. The molecule has 1 saturated heterocycles. The van der Waals surface area contributed by atoms with E-state index in [9.17, 15) is 9.59 Å². The van der Waals surface area contributed by atoms with Gasteiger partial charge in [0.15, 0.2) is 0 Å². The van der Waals surface area contributed by atoms with Crippen LogP contribution in [0.5, 0.6) is 0 Å². The maximum absolute atomic E-state index is 12.7. The number of cyclic esters (lactones) is 1. The van der Waals surface area contributed by atoms with E-state index in [2.05, 4.69) is 6.92 Å².